The van der Waals surface area contributed by atoms with Crippen molar-refractivity contribution in [1.82, 2.24) is 24.6 Å². The van der Waals surface area contributed by atoms with Crippen molar-refractivity contribution < 1.29 is 9.53 Å². The number of piperidine rings is 1. The Hall–Kier alpha value is -2.48. The van der Waals surface area contributed by atoms with Crippen molar-refractivity contribution in [2.75, 3.05) is 20.2 Å². The van der Waals surface area contributed by atoms with Gasteiger partial charge in [0.1, 0.15) is 0 Å². The van der Waals surface area contributed by atoms with Crippen LogP contribution >= 0.6 is 0 Å². The highest BCUT2D eigenvalue weighted by Crippen LogP contribution is 2.20. The van der Waals surface area contributed by atoms with Crippen LogP contribution in [0.2, 0.25) is 0 Å². The number of carbonyl (C=O) groups excluding carboxylic acids is 1. The number of hydrogen-bond donors (Lipinski definition) is 1. The van der Waals surface area contributed by atoms with Crippen LogP contribution in [-0.4, -0.2) is 56.9 Å². The first-order valence-electron chi connectivity index (χ1n) is 9.07. The van der Waals surface area contributed by atoms with E-state index in [4.69, 9.17) is 4.74 Å². The van der Waals surface area contributed by atoms with Crippen LogP contribution < -0.4 is 5.56 Å². The monoisotopic (exact) mass is 357 g/mol. The SMILES string of the molecule is COC1CCN(C(=O)c2cnn(-c3nc4c(c(=O)[nH]3)CCC4)c2C)CC1. The van der Waals surface area contributed by atoms with E-state index in [1.165, 1.54) is 0 Å². The quantitative estimate of drug-likeness (QED) is 0.885. The predicted octanol–water partition coefficient (Wildman–Crippen LogP) is 1.00. The van der Waals surface area contributed by atoms with Crippen LogP contribution in [0, 0.1) is 6.92 Å². The molecule has 138 valence electrons. The van der Waals surface area contributed by atoms with Gasteiger partial charge in [0.2, 0.25) is 5.95 Å². The number of carbonyl (C=O) groups is 1. The maximum atomic E-state index is 12.9. The number of aromatic amines is 1. The molecule has 1 saturated heterocycles. The molecule has 2 aromatic heterocycles. The van der Waals surface area contributed by atoms with Gasteiger partial charge >= 0.3 is 0 Å². The molecule has 1 aliphatic carbocycles. The van der Waals surface area contributed by atoms with E-state index in [9.17, 15) is 9.59 Å². The molecule has 4 rings (SSSR count). The lowest BCUT2D eigenvalue weighted by Gasteiger charge is -2.31. The number of ether oxygens (including phenoxy) is 1. The topological polar surface area (TPSA) is 93.1 Å². The normalized spacial score (nSPS) is 17.5. The van der Waals surface area contributed by atoms with E-state index in [0.29, 0.717) is 30.3 Å². The Labute approximate surface area is 151 Å². The highest BCUT2D eigenvalue weighted by Gasteiger charge is 2.27. The molecule has 8 nitrogen and oxygen atoms in total. The first kappa shape index (κ1) is 17.0. The Morgan fingerprint density at radius 3 is 2.81 bits per heavy atom. The average Bonchev–Trinajstić information content (AvgIpc) is 3.28. The number of aromatic nitrogens is 4. The van der Waals surface area contributed by atoms with E-state index in [0.717, 1.165) is 43.4 Å². The third-order valence-electron chi connectivity index (χ3n) is 5.43. The summed E-state index contributed by atoms with van der Waals surface area (Å²) in [5.74, 6) is 0.345. The van der Waals surface area contributed by atoms with Gasteiger partial charge in [0.05, 0.1) is 29.3 Å². The Kier molecular flexibility index (Phi) is 4.36. The fraction of sp³-hybridized carbons (Fsp3) is 0.556. The number of aryl methyl sites for hydroxylation is 1. The smallest absolute Gasteiger partial charge is 0.257 e. The lowest BCUT2D eigenvalue weighted by Crippen LogP contribution is -2.40. The molecule has 0 aromatic carbocycles. The summed E-state index contributed by atoms with van der Waals surface area (Å²) in [7, 11) is 1.71. The molecule has 0 bridgehead atoms. The Morgan fingerprint density at radius 1 is 1.31 bits per heavy atom. The van der Waals surface area contributed by atoms with Gasteiger partial charge in [0, 0.05) is 25.8 Å². The van der Waals surface area contributed by atoms with Crippen molar-refractivity contribution in [2.45, 2.75) is 45.1 Å². The number of amides is 1. The van der Waals surface area contributed by atoms with E-state index in [-0.39, 0.29) is 17.6 Å². The van der Waals surface area contributed by atoms with Gasteiger partial charge < -0.3 is 9.64 Å². The summed E-state index contributed by atoms with van der Waals surface area (Å²) in [6.07, 6.45) is 6.01. The van der Waals surface area contributed by atoms with Crippen molar-refractivity contribution in [3.05, 3.63) is 39.1 Å². The zero-order chi connectivity index (χ0) is 18.3. The minimum atomic E-state index is -0.105. The number of H-pyrrole nitrogens is 1. The van der Waals surface area contributed by atoms with Crippen LogP contribution in [0.25, 0.3) is 5.95 Å². The molecule has 0 spiro atoms. The zero-order valence-electron chi connectivity index (χ0n) is 15.1. The Balaban J connectivity index is 1.60. The van der Waals surface area contributed by atoms with E-state index in [1.54, 1.807) is 18.0 Å². The van der Waals surface area contributed by atoms with Crippen LogP contribution in [0.1, 0.15) is 46.6 Å². The average molecular weight is 357 g/mol. The minimum absolute atomic E-state index is 0.0354. The van der Waals surface area contributed by atoms with Gasteiger partial charge in [-0.3, -0.25) is 14.6 Å². The summed E-state index contributed by atoms with van der Waals surface area (Å²) in [5.41, 5.74) is 2.74. The molecule has 8 heteroatoms. The van der Waals surface area contributed by atoms with E-state index >= 15 is 0 Å². The standard InChI is InChI=1S/C18H23N5O3/c1-11-14(17(25)22-8-6-12(26-2)7-9-22)10-19-23(11)18-20-15-5-3-4-13(15)16(24)21-18/h10,12H,3-9H2,1-2H3,(H,20,21,24). The fourth-order valence-corrected chi connectivity index (χ4v) is 3.83. The maximum absolute atomic E-state index is 12.9. The molecule has 2 aliphatic rings. The molecule has 1 fully saturated rings. The van der Waals surface area contributed by atoms with E-state index in [1.807, 2.05) is 11.8 Å². The van der Waals surface area contributed by atoms with Crippen molar-refractivity contribution in [2.24, 2.45) is 0 Å². The number of hydrogen-bond acceptors (Lipinski definition) is 5. The zero-order valence-corrected chi connectivity index (χ0v) is 15.1. The maximum Gasteiger partial charge on any atom is 0.257 e. The highest BCUT2D eigenvalue weighted by atomic mass is 16.5. The summed E-state index contributed by atoms with van der Waals surface area (Å²) in [4.78, 5) is 34.3. The summed E-state index contributed by atoms with van der Waals surface area (Å²) in [6, 6.07) is 0. The summed E-state index contributed by atoms with van der Waals surface area (Å²) < 4.78 is 6.91. The number of nitrogens with zero attached hydrogens (tertiary/aromatic N) is 4. The van der Waals surface area contributed by atoms with Crippen LogP contribution in [0.5, 0.6) is 0 Å². The number of nitrogens with one attached hydrogen (secondary N) is 1. The van der Waals surface area contributed by atoms with Gasteiger partial charge in [-0.1, -0.05) is 0 Å². The Bertz CT molecular complexity index is 893. The molecule has 2 aromatic rings. The second-order valence-electron chi connectivity index (χ2n) is 6.95. The van der Waals surface area contributed by atoms with Crippen LogP contribution in [-0.2, 0) is 17.6 Å². The van der Waals surface area contributed by atoms with Crippen molar-refractivity contribution in [3.8, 4) is 5.95 Å². The van der Waals surface area contributed by atoms with Gasteiger partial charge in [-0.2, -0.15) is 5.10 Å². The summed E-state index contributed by atoms with van der Waals surface area (Å²) >= 11 is 0. The summed E-state index contributed by atoms with van der Waals surface area (Å²) in [5, 5.41) is 4.31. The van der Waals surface area contributed by atoms with Crippen LogP contribution in [0.4, 0.5) is 0 Å². The first-order chi connectivity index (χ1) is 12.6. The van der Waals surface area contributed by atoms with Gasteiger partial charge in [0.25, 0.3) is 11.5 Å². The summed E-state index contributed by atoms with van der Waals surface area (Å²) in [6.45, 7) is 3.18. The van der Waals surface area contributed by atoms with Gasteiger partial charge in [0.15, 0.2) is 0 Å². The predicted molar refractivity (Wildman–Crippen MR) is 94.7 cm³/mol. The lowest BCUT2D eigenvalue weighted by molar-refractivity contribution is 0.0350. The van der Waals surface area contributed by atoms with Gasteiger partial charge in [-0.05, 0) is 39.0 Å². The molecule has 1 aliphatic heterocycles. The largest absolute Gasteiger partial charge is 0.381 e. The molecular formula is C18H23N5O3. The molecule has 0 radical (unpaired) electrons. The number of methoxy groups -OCH3 is 1. The minimum Gasteiger partial charge on any atom is -0.381 e. The van der Waals surface area contributed by atoms with Gasteiger partial charge in [-0.15, -0.1) is 0 Å². The molecule has 1 amide bonds. The van der Waals surface area contributed by atoms with Gasteiger partial charge in [-0.25, -0.2) is 9.67 Å². The molecule has 0 unspecified atom stereocenters. The van der Waals surface area contributed by atoms with Crippen LogP contribution in [0.3, 0.4) is 0 Å². The number of fused-ring (bicyclic) bond motifs is 1. The first-order valence-corrected chi connectivity index (χ1v) is 9.07. The Morgan fingerprint density at radius 2 is 2.08 bits per heavy atom. The molecular weight excluding hydrogens is 334 g/mol. The van der Waals surface area contributed by atoms with Crippen molar-refractivity contribution >= 4 is 5.91 Å². The van der Waals surface area contributed by atoms with E-state index in [2.05, 4.69) is 15.1 Å². The van der Waals surface area contributed by atoms with E-state index < -0.39 is 0 Å². The third-order valence-corrected chi connectivity index (χ3v) is 5.43. The molecule has 3 heterocycles. The van der Waals surface area contributed by atoms with Crippen molar-refractivity contribution in [1.29, 1.82) is 0 Å². The second kappa shape index (κ2) is 6.68. The lowest BCUT2D eigenvalue weighted by atomic mass is 10.1. The second-order valence-corrected chi connectivity index (χ2v) is 6.95. The number of rotatable bonds is 3. The molecule has 26 heavy (non-hydrogen) atoms. The third kappa shape index (κ3) is 2.84. The highest BCUT2D eigenvalue weighted by molar-refractivity contribution is 5.95. The fourth-order valence-electron chi connectivity index (χ4n) is 3.83. The number of likely N-dealkylation sites (tertiary alicyclic amines) is 1. The molecule has 0 saturated carbocycles. The molecule has 1 N–H and O–H groups in total. The molecule has 0 atom stereocenters. The van der Waals surface area contributed by atoms with Crippen LogP contribution in [0.15, 0.2) is 11.0 Å². The van der Waals surface area contributed by atoms with Crippen molar-refractivity contribution in [3.63, 3.8) is 0 Å².